The van der Waals surface area contributed by atoms with E-state index in [0.717, 1.165) is 12.8 Å². The van der Waals surface area contributed by atoms with E-state index in [9.17, 15) is 9.59 Å². The molecule has 5 heteroatoms. The summed E-state index contributed by atoms with van der Waals surface area (Å²) >= 11 is 0. The van der Waals surface area contributed by atoms with E-state index in [1.807, 2.05) is 0 Å². The van der Waals surface area contributed by atoms with Crippen molar-refractivity contribution in [3.63, 3.8) is 0 Å². The number of carbonyl (C=O) groups is 1. The van der Waals surface area contributed by atoms with Crippen molar-refractivity contribution in [3.8, 4) is 0 Å². The molecule has 0 fully saturated rings. The lowest BCUT2D eigenvalue weighted by molar-refractivity contribution is -0.122. The van der Waals surface area contributed by atoms with Gasteiger partial charge in [0.05, 0.1) is 12.1 Å². The fourth-order valence-electron chi connectivity index (χ4n) is 0.957. The monoisotopic (exact) mass is 200 g/mol. The highest BCUT2D eigenvalue weighted by atomic mass is 16.2. The van der Waals surface area contributed by atoms with Gasteiger partial charge in [0, 0.05) is 0 Å². The average Bonchev–Trinajstić information content (AvgIpc) is 2.16. The van der Waals surface area contributed by atoms with Gasteiger partial charge in [-0.15, -0.1) is 0 Å². The van der Waals surface area contributed by atoms with E-state index in [1.54, 1.807) is 13.2 Å². The van der Waals surface area contributed by atoms with E-state index in [1.165, 1.54) is 0 Å². The molecule has 0 heterocycles. The van der Waals surface area contributed by atoms with E-state index < -0.39 is 12.1 Å². The molecule has 0 aromatic carbocycles. The highest BCUT2D eigenvalue weighted by Gasteiger charge is 2.14. The summed E-state index contributed by atoms with van der Waals surface area (Å²) in [5.41, 5.74) is 10.6. The second kappa shape index (κ2) is 7.46. The van der Waals surface area contributed by atoms with Gasteiger partial charge in [0.2, 0.25) is 12.2 Å². The molecule has 0 aliphatic rings. The third-order valence-corrected chi connectivity index (χ3v) is 1.82. The topological polar surface area (TPSA) is 98.2 Å². The van der Waals surface area contributed by atoms with Gasteiger partial charge in [-0.05, 0) is 32.7 Å². The maximum absolute atomic E-state index is 11.1. The second-order valence-corrected chi connectivity index (χ2v) is 3.25. The summed E-state index contributed by atoms with van der Waals surface area (Å²) in [4.78, 5) is 21.6. The lowest BCUT2D eigenvalue weighted by Crippen LogP contribution is -2.44. The smallest absolute Gasteiger partial charge is 0.237 e. The molecule has 1 radical (unpaired) electrons. The first kappa shape index (κ1) is 13.1. The number of nitrogens with two attached hydrogens (primary N) is 2. The molecule has 81 valence electrons. The molecule has 0 aromatic heterocycles. The summed E-state index contributed by atoms with van der Waals surface area (Å²) in [6.45, 7) is 2.16. The van der Waals surface area contributed by atoms with Gasteiger partial charge in [-0.3, -0.25) is 9.59 Å². The van der Waals surface area contributed by atoms with Gasteiger partial charge in [-0.1, -0.05) is 0 Å². The van der Waals surface area contributed by atoms with E-state index in [0.29, 0.717) is 13.0 Å². The third kappa shape index (κ3) is 5.66. The normalized spacial score (nSPS) is 14.5. The Kier molecular flexibility index (Phi) is 6.96. The zero-order valence-corrected chi connectivity index (χ0v) is 8.45. The van der Waals surface area contributed by atoms with Crippen LogP contribution >= 0.6 is 0 Å². The van der Waals surface area contributed by atoms with Crippen molar-refractivity contribution < 1.29 is 9.59 Å². The van der Waals surface area contributed by atoms with Crippen LogP contribution in [0.1, 0.15) is 26.2 Å². The zero-order chi connectivity index (χ0) is 11.0. The molecule has 0 bridgehead atoms. The first-order chi connectivity index (χ1) is 6.61. The number of nitrogens with one attached hydrogen (secondary N) is 1. The molecule has 0 unspecified atom stereocenters. The molecule has 0 saturated carbocycles. The second-order valence-electron chi connectivity index (χ2n) is 3.25. The molecule has 5 N–H and O–H groups in total. The van der Waals surface area contributed by atoms with Crippen molar-refractivity contribution in [2.24, 2.45) is 11.5 Å². The van der Waals surface area contributed by atoms with Crippen LogP contribution in [0.4, 0.5) is 0 Å². The fourth-order valence-corrected chi connectivity index (χ4v) is 0.957. The van der Waals surface area contributed by atoms with Gasteiger partial charge in [0.1, 0.15) is 0 Å². The van der Waals surface area contributed by atoms with Gasteiger partial charge in [0.25, 0.3) is 0 Å². The van der Waals surface area contributed by atoms with Crippen LogP contribution in [0.2, 0.25) is 0 Å². The zero-order valence-electron chi connectivity index (χ0n) is 8.45. The van der Waals surface area contributed by atoms with Crippen LogP contribution in [0.25, 0.3) is 0 Å². The summed E-state index contributed by atoms with van der Waals surface area (Å²) in [7, 11) is 0. The van der Waals surface area contributed by atoms with Gasteiger partial charge in [-0.2, -0.15) is 0 Å². The molecule has 14 heavy (non-hydrogen) atoms. The SMILES string of the molecule is C[C@H](N)C(=O)N[C@H]([C]=O)CCCCN. The highest BCUT2D eigenvalue weighted by Crippen LogP contribution is 1.98. The standard InChI is InChI=1S/C9H18N3O2/c1-7(11)9(14)12-8(6-13)4-2-3-5-10/h7-8H,2-5,10-11H2,1H3,(H,12,14)/t7-,8-/m0/s1. The molecular formula is C9H18N3O2. The van der Waals surface area contributed by atoms with Crippen LogP contribution in [0.5, 0.6) is 0 Å². The first-order valence-electron chi connectivity index (χ1n) is 4.75. The van der Waals surface area contributed by atoms with Gasteiger partial charge in [-0.25, -0.2) is 0 Å². The minimum Gasteiger partial charge on any atom is -0.344 e. The van der Waals surface area contributed by atoms with Crippen molar-refractivity contribution in [2.75, 3.05) is 6.54 Å². The molecule has 0 aliphatic heterocycles. The largest absolute Gasteiger partial charge is 0.344 e. The maximum Gasteiger partial charge on any atom is 0.237 e. The Balaban J connectivity index is 3.78. The average molecular weight is 200 g/mol. The molecule has 0 spiro atoms. The Morgan fingerprint density at radius 3 is 2.57 bits per heavy atom. The molecular weight excluding hydrogens is 182 g/mol. The Hall–Kier alpha value is -0.940. The molecule has 1 amide bonds. The van der Waals surface area contributed by atoms with Crippen molar-refractivity contribution in [2.45, 2.75) is 38.3 Å². The van der Waals surface area contributed by atoms with Crippen molar-refractivity contribution in [1.29, 1.82) is 0 Å². The number of hydrogen-bond donors (Lipinski definition) is 3. The van der Waals surface area contributed by atoms with E-state index in [2.05, 4.69) is 5.32 Å². The molecule has 0 rings (SSSR count). The summed E-state index contributed by atoms with van der Waals surface area (Å²) in [5, 5.41) is 2.50. The maximum atomic E-state index is 11.1. The van der Waals surface area contributed by atoms with Crippen LogP contribution in [-0.4, -0.2) is 30.8 Å². The third-order valence-electron chi connectivity index (χ3n) is 1.82. The molecule has 0 aliphatic carbocycles. The summed E-state index contributed by atoms with van der Waals surface area (Å²) < 4.78 is 0. The lowest BCUT2D eigenvalue weighted by atomic mass is 10.1. The molecule has 2 atom stereocenters. The summed E-state index contributed by atoms with van der Waals surface area (Å²) in [6.07, 6.45) is 3.98. The predicted octanol–water partition coefficient (Wildman–Crippen LogP) is -0.943. The van der Waals surface area contributed by atoms with Crippen molar-refractivity contribution in [1.82, 2.24) is 5.32 Å². The summed E-state index contributed by atoms with van der Waals surface area (Å²) in [6, 6.07) is -1.15. The summed E-state index contributed by atoms with van der Waals surface area (Å²) in [5.74, 6) is -0.328. The van der Waals surface area contributed by atoms with Crippen molar-refractivity contribution in [3.05, 3.63) is 0 Å². The minimum absolute atomic E-state index is 0.328. The Bertz CT molecular complexity index is 183. The van der Waals surface area contributed by atoms with Crippen LogP contribution in [0, 0.1) is 0 Å². The fraction of sp³-hybridized carbons (Fsp3) is 0.778. The van der Waals surface area contributed by atoms with Crippen LogP contribution < -0.4 is 16.8 Å². The van der Waals surface area contributed by atoms with E-state index >= 15 is 0 Å². The van der Waals surface area contributed by atoms with Crippen molar-refractivity contribution >= 4 is 12.2 Å². The minimum atomic E-state index is -0.597. The Labute approximate surface area is 84.2 Å². The van der Waals surface area contributed by atoms with Crippen LogP contribution in [0.15, 0.2) is 0 Å². The lowest BCUT2D eigenvalue weighted by Gasteiger charge is -2.13. The number of amides is 1. The van der Waals surface area contributed by atoms with Crippen LogP contribution in [-0.2, 0) is 9.59 Å². The Morgan fingerprint density at radius 2 is 2.14 bits per heavy atom. The number of carbonyl (C=O) groups excluding carboxylic acids is 2. The van der Waals surface area contributed by atoms with Gasteiger partial charge >= 0.3 is 0 Å². The van der Waals surface area contributed by atoms with E-state index in [-0.39, 0.29) is 5.91 Å². The number of unbranched alkanes of at least 4 members (excludes halogenated alkanes) is 1. The molecule has 0 saturated heterocycles. The Morgan fingerprint density at radius 1 is 1.50 bits per heavy atom. The predicted molar refractivity (Wildman–Crippen MR) is 54.2 cm³/mol. The van der Waals surface area contributed by atoms with Gasteiger partial charge < -0.3 is 16.8 Å². The quantitative estimate of drug-likeness (QED) is 0.462. The van der Waals surface area contributed by atoms with Gasteiger partial charge in [0.15, 0.2) is 0 Å². The molecule has 0 aromatic rings. The first-order valence-corrected chi connectivity index (χ1v) is 4.75. The number of hydrogen-bond acceptors (Lipinski definition) is 4. The highest BCUT2D eigenvalue weighted by molar-refractivity contribution is 5.83. The van der Waals surface area contributed by atoms with E-state index in [4.69, 9.17) is 11.5 Å². The molecule has 5 nitrogen and oxygen atoms in total. The number of rotatable bonds is 7. The van der Waals surface area contributed by atoms with Crippen LogP contribution in [0.3, 0.4) is 0 Å².